The summed E-state index contributed by atoms with van der Waals surface area (Å²) >= 11 is 0. The van der Waals surface area contributed by atoms with E-state index in [1.165, 1.54) is 6.07 Å². The average molecular weight is 257 g/mol. The average Bonchev–Trinajstić information content (AvgIpc) is 2.27. The van der Waals surface area contributed by atoms with E-state index in [0.29, 0.717) is 6.07 Å². The topological polar surface area (TPSA) is 51.8 Å². The van der Waals surface area contributed by atoms with Gasteiger partial charge in [-0.3, -0.25) is 0 Å². The van der Waals surface area contributed by atoms with Gasteiger partial charge in [0.15, 0.2) is 0 Å². The van der Waals surface area contributed by atoms with Crippen molar-refractivity contribution in [2.75, 3.05) is 5.73 Å². The third-order valence-electron chi connectivity index (χ3n) is 2.26. The van der Waals surface area contributed by atoms with Gasteiger partial charge in [-0.25, -0.2) is 14.4 Å². The number of benzene rings is 1. The van der Waals surface area contributed by atoms with Crippen LogP contribution in [-0.4, -0.2) is 9.97 Å². The third-order valence-corrected chi connectivity index (χ3v) is 2.26. The Kier molecular flexibility index (Phi) is 2.90. The van der Waals surface area contributed by atoms with E-state index < -0.39 is 17.6 Å². The number of hydrogen-bond donors (Lipinski definition) is 1. The Bertz CT molecular complexity index is 581. The third kappa shape index (κ3) is 2.39. The molecule has 0 saturated carbocycles. The molecule has 18 heavy (non-hydrogen) atoms. The Morgan fingerprint density at radius 1 is 1.06 bits per heavy atom. The molecule has 1 aromatic heterocycles. The quantitative estimate of drug-likeness (QED) is 0.799. The van der Waals surface area contributed by atoms with Crippen molar-refractivity contribution in [2.45, 2.75) is 6.18 Å². The van der Waals surface area contributed by atoms with E-state index in [9.17, 15) is 17.6 Å². The van der Waals surface area contributed by atoms with Crippen LogP contribution in [0.2, 0.25) is 0 Å². The molecular formula is C11H7F4N3. The fraction of sp³-hybridized carbons (Fsp3) is 0.0909. The second kappa shape index (κ2) is 4.25. The lowest BCUT2D eigenvalue weighted by Gasteiger charge is -2.08. The van der Waals surface area contributed by atoms with Gasteiger partial charge in [-0.1, -0.05) is 0 Å². The zero-order valence-corrected chi connectivity index (χ0v) is 8.87. The Morgan fingerprint density at radius 2 is 1.78 bits per heavy atom. The van der Waals surface area contributed by atoms with Gasteiger partial charge in [-0.15, -0.1) is 0 Å². The molecule has 2 aromatic rings. The number of alkyl halides is 3. The van der Waals surface area contributed by atoms with Crippen molar-refractivity contribution in [3.8, 4) is 11.3 Å². The summed E-state index contributed by atoms with van der Waals surface area (Å²) in [6.45, 7) is 0. The maximum atomic E-state index is 13.6. The molecule has 1 aromatic carbocycles. The largest absolute Gasteiger partial charge is 0.416 e. The van der Waals surface area contributed by atoms with E-state index in [1.54, 1.807) is 0 Å². The second-order valence-electron chi connectivity index (χ2n) is 3.52. The minimum absolute atomic E-state index is 0.0582. The van der Waals surface area contributed by atoms with Crippen LogP contribution in [-0.2, 0) is 6.18 Å². The number of anilines is 1. The fourth-order valence-corrected chi connectivity index (χ4v) is 1.42. The molecule has 2 N–H and O–H groups in total. The lowest BCUT2D eigenvalue weighted by molar-refractivity contribution is -0.137. The predicted octanol–water partition coefficient (Wildman–Crippen LogP) is 2.88. The first-order valence-corrected chi connectivity index (χ1v) is 4.82. The summed E-state index contributed by atoms with van der Waals surface area (Å²) in [5.74, 6) is -0.901. The molecule has 0 radical (unpaired) electrons. The van der Waals surface area contributed by atoms with Gasteiger partial charge in [0.05, 0.1) is 11.3 Å². The smallest absolute Gasteiger partial charge is 0.384 e. The number of nitrogen functional groups attached to an aromatic ring is 1. The predicted molar refractivity (Wildman–Crippen MR) is 56.8 cm³/mol. The van der Waals surface area contributed by atoms with Crippen LogP contribution in [0.25, 0.3) is 11.3 Å². The van der Waals surface area contributed by atoms with E-state index in [4.69, 9.17) is 5.73 Å². The van der Waals surface area contributed by atoms with Crippen molar-refractivity contribution in [2.24, 2.45) is 0 Å². The molecule has 0 amide bonds. The highest BCUT2D eigenvalue weighted by Gasteiger charge is 2.31. The van der Waals surface area contributed by atoms with Gasteiger partial charge in [-0.2, -0.15) is 13.2 Å². The summed E-state index contributed by atoms with van der Waals surface area (Å²) in [4.78, 5) is 7.37. The summed E-state index contributed by atoms with van der Waals surface area (Å²) < 4.78 is 50.7. The first-order valence-electron chi connectivity index (χ1n) is 4.82. The summed E-state index contributed by atoms with van der Waals surface area (Å²) in [5.41, 5.74) is 4.42. The molecule has 7 heteroatoms. The molecule has 0 spiro atoms. The number of rotatable bonds is 1. The van der Waals surface area contributed by atoms with E-state index in [2.05, 4.69) is 9.97 Å². The molecule has 2 rings (SSSR count). The molecule has 0 aliphatic carbocycles. The summed E-state index contributed by atoms with van der Waals surface area (Å²) in [6, 6.07) is 3.51. The minimum atomic E-state index is -4.58. The highest BCUT2D eigenvalue weighted by molar-refractivity contribution is 5.62. The Balaban J connectivity index is 2.48. The van der Waals surface area contributed by atoms with Crippen molar-refractivity contribution in [1.82, 2.24) is 9.97 Å². The van der Waals surface area contributed by atoms with Gasteiger partial charge in [-0.05, 0) is 18.2 Å². The molecule has 0 aliphatic heterocycles. The SMILES string of the molecule is Nc1cc(-c2ccc(C(F)(F)F)cc2F)ncn1. The normalized spacial score (nSPS) is 11.6. The van der Waals surface area contributed by atoms with Gasteiger partial charge in [0.2, 0.25) is 0 Å². The van der Waals surface area contributed by atoms with Gasteiger partial charge >= 0.3 is 6.18 Å². The van der Waals surface area contributed by atoms with E-state index in [0.717, 1.165) is 18.5 Å². The van der Waals surface area contributed by atoms with Crippen molar-refractivity contribution < 1.29 is 17.6 Å². The summed E-state index contributed by atoms with van der Waals surface area (Å²) in [5, 5.41) is 0. The van der Waals surface area contributed by atoms with Crippen LogP contribution in [0.5, 0.6) is 0 Å². The van der Waals surface area contributed by atoms with E-state index in [-0.39, 0.29) is 17.1 Å². The number of aromatic nitrogens is 2. The van der Waals surface area contributed by atoms with Crippen LogP contribution in [0.1, 0.15) is 5.56 Å². The minimum Gasteiger partial charge on any atom is -0.384 e. The standard InChI is InChI=1S/C11H7F4N3/c12-8-3-6(11(13,14)15)1-2-7(8)9-4-10(16)18-5-17-9/h1-5H,(H2,16,17,18). The highest BCUT2D eigenvalue weighted by Crippen LogP contribution is 2.32. The Labute approximate surface area is 99.3 Å². The van der Waals surface area contributed by atoms with Crippen LogP contribution in [0.3, 0.4) is 0 Å². The highest BCUT2D eigenvalue weighted by atomic mass is 19.4. The van der Waals surface area contributed by atoms with Crippen LogP contribution >= 0.6 is 0 Å². The number of hydrogen-bond acceptors (Lipinski definition) is 3. The lowest BCUT2D eigenvalue weighted by atomic mass is 10.1. The van der Waals surface area contributed by atoms with Crippen molar-refractivity contribution >= 4 is 5.82 Å². The molecule has 3 nitrogen and oxygen atoms in total. The van der Waals surface area contributed by atoms with Gasteiger partial charge in [0, 0.05) is 11.6 Å². The van der Waals surface area contributed by atoms with Crippen molar-refractivity contribution in [1.29, 1.82) is 0 Å². The monoisotopic (exact) mass is 257 g/mol. The molecule has 0 aliphatic rings. The molecule has 0 fully saturated rings. The summed E-state index contributed by atoms with van der Waals surface area (Å²) in [7, 11) is 0. The molecule has 0 bridgehead atoms. The first-order chi connectivity index (χ1) is 8.38. The van der Waals surface area contributed by atoms with Crippen LogP contribution < -0.4 is 5.73 Å². The second-order valence-corrected chi connectivity index (χ2v) is 3.52. The Hall–Kier alpha value is -2.18. The van der Waals surface area contributed by atoms with Crippen LogP contribution in [0.15, 0.2) is 30.6 Å². The van der Waals surface area contributed by atoms with Crippen molar-refractivity contribution in [3.63, 3.8) is 0 Å². The molecule has 0 unspecified atom stereocenters. The fourth-order valence-electron chi connectivity index (χ4n) is 1.42. The molecule has 94 valence electrons. The van der Waals surface area contributed by atoms with Crippen molar-refractivity contribution in [3.05, 3.63) is 42.0 Å². The van der Waals surface area contributed by atoms with Gasteiger partial charge in [0.1, 0.15) is 18.0 Å². The zero-order chi connectivity index (χ0) is 13.3. The number of nitrogens with two attached hydrogens (primary N) is 1. The van der Waals surface area contributed by atoms with Gasteiger partial charge < -0.3 is 5.73 Å². The van der Waals surface area contributed by atoms with Crippen LogP contribution in [0, 0.1) is 5.82 Å². The molecule has 0 saturated heterocycles. The first kappa shape index (κ1) is 12.3. The lowest BCUT2D eigenvalue weighted by Crippen LogP contribution is -2.05. The summed E-state index contributed by atoms with van der Waals surface area (Å²) in [6.07, 6.45) is -3.47. The van der Waals surface area contributed by atoms with E-state index >= 15 is 0 Å². The zero-order valence-electron chi connectivity index (χ0n) is 8.87. The maximum absolute atomic E-state index is 13.6. The number of nitrogens with zero attached hydrogens (tertiary/aromatic N) is 2. The molecule has 1 heterocycles. The molecular weight excluding hydrogens is 250 g/mol. The number of halogens is 4. The van der Waals surface area contributed by atoms with E-state index in [1.807, 2.05) is 0 Å². The van der Waals surface area contributed by atoms with Crippen LogP contribution in [0.4, 0.5) is 23.4 Å². The van der Waals surface area contributed by atoms with Gasteiger partial charge in [0.25, 0.3) is 0 Å². The maximum Gasteiger partial charge on any atom is 0.416 e. The Morgan fingerprint density at radius 3 is 2.33 bits per heavy atom. The molecule has 0 atom stereocenters.